The van der Waals surface area contributed by atoms with Crippen LogP contribution < -0.4 is 15.4 Å². The summed E-state index contributed by atoms with van der Waals surface area (Å²) in [6.45, 7) is 4.23. The molecular formula is C21H28IN3O2S. The largest absolute Gasteiger partial charge is 0.504 e. The van der Waals surface area contributed by atoms with Gasteiger partial charge in [0.15, 0.2) is 17.5 Å². The average molecular weight is 513 g/mol. The van der Waals surface area contributed by atoms with E-state index in [1.54, 1.807) is 19.2 Å². The molecule has 3 N–H and O–H groups in total. The predicted molar refractivity (Wildman–Crippen MR) is 127 cm³/mol. The Morgan fingerprint density at radius 2 is 1.93 bits per heavy atom. The van der Waals surface area contributed by atoms with Gasteiger partial charge in [0.05, 0.1) is 13.7 Å². The predicted octanol–water partition coefficient (Wildman–Crippen LogP) is 4.40. The third-order valence-corrected chi connectivity index (χ3v) is 5.96. The third-order valence-electron chi connectivity index (χ3n) is 4.47. The molecule has 0 bridgehead atoms. The molecule has 0 heterocycles. The maximum absolute atomic E-state index is 9.91. The number of benzene rings is 2. The fraction of sp³-hybridized carbons (Fsp3) is 0.381. The van der Waals surface area contributed by atoms with Crippen molar-refractivity contribution in [2.45, 2.75) is 36.0 Å². The van der Waals surface area contributed by atoms with Crippen LogP contribution in [-0.4, -0.2) is 36.0 Å². The molecule has 28 heavy (non-hydrogen) atoms. The van der Waals surface area contributed by atoms with Crippen LogP contribution in [0.2, 0.25) is 0 Å². The number of thioether (sulfide) groups is 1. The third kappa shape index (κ3) is 6.48. The Balaban J connectivity index is 0.00000280. The number of phenolic OH excluding ortho intramolecular Hbond substituents is 1. The van der Waals surface area contributed by atoms with Crippen LogP contribution in [0, 0.1) is 0 Å². The van der Waals surface area contributed by atoms with Gasteiger partial charge in [0.2, 0.25) is 0 Å². The van der Waals surface area contributed by atoms with Crippen molar-refractivity contribution in [3.63, 3.8) is 0 Å². The second kappa shape index (κ2) is 10.8. The lowest BCUT2D eigenvalue weighted by molar-refractivity contribution is 0.373. The molecule has 0 aliphatic heterocycles. The van der Waals surface area contributed by atoms with Gasteiger partial charge in [0.1, 0.15) is 0 Å². The molecule has 152 valence electrons. The minimum absolute atomic E-state index is 0. The average Bonchev–Trinajstić information content (AvgIpc) is 3.44. The fourth-order valence-electron chi connectivity index (χ4n) is 2.78. The van der Waals surface area contributed by atoms with Crippen LogP contribution in [0.4, 0.5) is 0 Å². The van der Waals surface area contributed by atoms with Crippen LogP contribution in [0.15, 0.2) is 58.4 Å². The smallest absolute Gasteiger partial charge is 0.191 e. The van der Waals surface area contributed by atoms with Gasteiger partial charge in [-0.2, -0.15) is 0 Å². The summed E-state index contributed by atoms with van der Waals surface area (Å²) >= 11 is 1.95. The lowest BCUT2D eigenvalue weighted by Crippen LogP contribution is -2.41. The Bertz CT molecular complexity index is 782. The molecule has 5 nitrogen and oxygen atoms in total. The molecule has 0 aromatic heterocycles. The maximum atomic E-state index is 9.91. The summed E-state index contributed by atoms with van der Waals surface area (Å²) in [7, 11) is 1.54. The van der Waals surface area contributed by atoms with Gasteiger partial charge in [-0.25, -0.2) is 4.99 Å². The molecule has 0 amide bonds. The number of ether oxygens (including phenoxy) is 1. The SMILES string of the molecule is CCNC(=NCc1ccc(OC)c(O)c1)NCC1(Sc2ccccc2)CC1.I. The van der Waals surface area contributed by atoms with E-state index in [0.29, 0.717) is 12.3 Å². The Morgan fingerprint density at radius 3 is 2.54 bits per heavy atom. The zero-order valence-electron chi connectivity index (χ0n) is 16.3. The van der Waals surface area contributed by atoms with Gasteiger partial charge in [-0.1, -0.05) is 24.3 Å². The quantitative estimate of drug-likeness (QED) is 0.278. The zero-order chi connectivity index (χ0) is 19.1. The van der Waals surface area contributed by atoms with Gasteiger partial charge in [0.25, 0.3) is 0 Å². The van der Waals surface area contributed by atoms with E-state index in [0.717, 1.165) is 24.6 Å². The summed E-state index contributed by atoms with van der Waals surface area (Å²) in [5, 5.41) is 16.7. The van der Waals surface area contributed by atoms with Crippen LogP contribution in [0.5, 0.6) is 11.5 Å². The minimum Gasteiger partial charge on any atom is -0.504 e. The fourth-order valence-corrected chi connectivity index (χ4v) is 4.03. The van der Waals surface area contributed by atoms with E-state index >= 15 is 0 Å². The van der Waals surface area contributed by atoms with Crippen LogP contribution in [0.1, 0.15) is 25.3 Å². The van der Waals surface area contributed by atoms with Gasteiger partial charge in [-0.05, 0) is 49.6 Å². The highest BCUT2D eigenvalue weighted by atomic mass is 127. The summed E-state index contributed by atoms with van der Waals surface area (Å²) in [5.41, 5.74) is 0.935. The van der Waals surface area contributed by atoms with Gasteiger partial charge in [0, 0.05) is 22.7 Å². The molecule has 1 aliphatic rings. The molecule has 1 fully saturated rings. The van der Waals surface area contributed by atoms with Gasteiger partial charge in [-0.3, -0.25) is 0 Å². The number of nitrogens with zero attached hydrogens (tertiary/aromatic N) is 1. The molecule has 2 aromatic carbocycles. The van der Waals surface area contributed by atoms with Crippen molar-refractivity contribution in [2.75, 3.05) is 20.2 Å². The monoisotopic (exact) mass is 513 g/mol. The number of halogens is 1. The molecule has 0 spiro atoms. The summed E-state index contributed by atoms with van der Waals surface area (Å²) in [4.78, 5) is 5.96. The second-order valence-corrected chi connectivity index (χ2v) is 8.19. The number of aromatic hydroxyl groups is 1. The summed E-state index contributed by atoms with van der Waals surface area (Å²) in [5.74, 6) is 1.41. The van der Waals surface area contributed by atoms with Crippen molar-refractivity contribution in [3.8, 4) is 11.5 Å². The molecule has 0 unspecified atom stereocenters. The number of phenols is 1. The van der Waals surface area contributed by atoms with Crippen molar-refractivity contribution in [1.82, 2.24) is 10.6 Å². The number of hydrogen-bond acceptors (Lipinski definition) is 4. The van der Waals surface area contributed by atoms with E-state index in [-0.39, 0.29) is 34.5 Å². The Kier molecular flexibility index (Phi) is 8.75. The number of hydrogen-bond donors (Lipinski definition) is 3. The number of rotatable bonds is 8. The Morgan fingerprint density at radius 1 is 1.18 bits per heavy atom. The number of methoxy groups -OCH3 is 1. The summed E-state index contributed by atoms with van der Waals surface area (Å²) in [6.07, 6.45) is 2.43. The van der Waals surface area contributed by atoms with E-state index in [4.69, 9.17) is 4.74 Å². The normalized spacial score (nSPS) is 14.7. The van der Waals surface area contributed by atoms with Gasteiger partial charge < -0.3 is 20.5 Å². The zero-order valence-corrected chi connectivity index (χ0v) is 19.4. The summed E-state index contributed by atoms with van der Waals surface area (Å²) < 4.78 is 5.34. The van der Waals surface area contributed by atoms with Gasteiger partial charge in [-0.15, -0.1) is 35.7 Å². The first kappa shape index (κ1) is 22.7. The summed E-state index contributed by atoms with van der Waals surface area (Å²) in [6, 6.07) is 15.9. The topological polar surface area (TPSA) is 65.9 Å². The van der Waals surface area contributed by atoms with E-state index in [2.05, 4.69) is 52.9 Å². The molecule has 1 aliphatic carbocycles. The lowest BCUT2D eigenvalue weighted by Gasteiger charge is -2.18. The van der Waals surface area contributed by atoms with Crippen molar-refractivity contribution < 1.29 is 9.84 Å². The Labute approximate surface area is 188 Å². The molecule has 0 radical (unpaired) electrons. The first-order chi connectivity index (χ1) is 13.1. The molecule has 2 aromatic rings. The van der Waals surface area contributed by atoms with Crippen molar-refractivity contribution in [1.29, 1.82) is 0 Å². The van der Waals surface area contributed by atoms with Crippen LogP contribution in [-0.2, 0) is 6.54 Å². The molecule has 1 saturated carbocycles. The molecule has 0 saturated heterocycles. The minimum atomic E-state index is 0. The van der Waals surface area contributed by atoms with Crippen LogP contribution >= 0.6 is 35.7 Å². The molecule has 0 atom stereocenters. The maximum Gasteiger partial charge on any atom is 0.191 e. The number of guanidine groups is 1. The van der Waals surface area contributed by atoms with Crippen molar-refractivity contribution in [3.05, 3.63) is 54.1 Å². The number of aliphatic imine (C=N–C) groups is 1. The van der Waals surface area contributed by atoms with Crippen molar-refractivity contribution in [2.24, 2.45) is 4.99 Å². The lowest BCUT2D eigenvalue weighted by atomic mass is 10.2. The van der Waals surface area contributed by atoms with Crippen molar-refractivity contribution >= 4 is 41.7 Å². The second-order valence-electron chi connectivity index (χ2n) is 6.65. The first-order valence-electron chi connectivity index (χ1n) is 9.26. The highest BCUT2D eigenvalue weighted by Gasteiger charge is 2.43. The van der Waals surface area contributed by atoms with Crippen LogP contribution in [0.25, 0.3) is 0 Å². The first-order valence-corrected chi connectivity index (χ1v) is 10.1. The van der Waals surface area contributed by atoms with E-state index in [1.165, 1.54) is 17.7 Å². The highest BCUT2D eigenvalue weighted by molar-refractivity contribution is 14.0. The highest BCUT2D eigenvalue weighted by Crippen LogP contribution is 2.51. The van der Waals surface area contributed by atoms with E-state index in [1.807, 2.05) is 17.8 Å². The standard InChI is InChI=1S/C21H27N3O2S.HI/c1-3-22-20(23-14-16-9-10-19(26-2)18(25)13-16)24-15-21(11-12-21)27-17-7-5-4-6-8-17;/h4-10,13,25H,3,11-12,14-15H2,1-2H3,(H2,22,23,24);1H. The van der Waals surface area contributed by atoms with E-state index < -0.39 is 0 Å². The molecular weight excluding hydrogens is 485 g/mol. The van der Waals surface area contributed by atoms with Gasteiger partial charge >= 0.3 is 0 Å². The Hall–Kier alpha value is -1.61. The molecule has 7 heteroatoms. The van der Waals surface area contributed by atoms with E-state index in [9.17, 15) is 5.11 Å². The molecule has 3 rings (SSSR count). The number of nitrogens with one attached hydrogen (secondary N) is 2. The van der Waals surface area contributed by atoms with Crippen LogP contribution in [0.3, 0.4) is 0 Å².